The van der Waals surface area contributed by atoms with Crippen LogP contribution >= 0.6 is 11.6 Å². The second-order valence-corrected chi connectivity index (χ2v) is 5.82. The largest absolute Gasteiger partial charge is 0.433 e. The maximum absolute atomic E-state index is 10.6. The minimum Gasteiger partial charge on any atom is -0.400 e. The Balaban J connectivity index is 1.55. The van der Waals surface area contributed by atoms with Crippen molar-refractivity contribution in [1.29, 1.82) is 0 Å². The van der Waals surface area contributed by atoms with Crippen LogP contribution in [-0.4, -0.2) is 31.1 Å². The Morgan fingerprint density at radius 2 is 1.86 bits per heavy atom. The molecule has 0 radical (unpaired) electrons. The highest BCUT2D eigenvalue weighted by Crippen LogP contribution is 2.18. The summed E-state index contributed by atoms with van der Waals surface area (Å²) in [6.45, 7) is 4.51. The molecule has 116 valence electrons. The standard InChI is InChI=1S/C15H16ClN3O3/c16-12-1-3-13(4-2-12)18-9-7-17(8-10-18)11-14-5-6-15(22-14)19(20)21/h1-6H,7-11H2/p+1. The Labute approximate surface area is 133 Å². The van der Waals surface area contributed by atoms with Crippen LogP contribution in [0.2, 0.25) is 5.02 Å². The Morgan fingerprint density at radius 1 is 1.18 bits per heavy atom. The van der Waals surface area contributed by atoms with Gasteiger partial charge in [0.05, 0.1) is 32.2 Å². The number of hydrogen-bond acceptors (Lipinski definition) is 4. The molecular weight excluding hydrogens is 306 g/mol. The van der Waals surface area contributed by atoms with Crippen molar-refractivity contribution in [3.8, 4) is 0 Å². The van der Waals surface area contributed by atoms with E-state index in [0.29, 0.717) is 12.3 Å². The van der Waals surface area contributed by atoms with Crippen molar-refractivity contribution in [2.24, 2.45) is 0 Å². The molecule has 1 fully saturated rings. The fraction of sp³-hybridized carbons (Fsp3) is 0.333. The lowest BCUT2D eigenvalue weighted by Crippen LogP contribution is -3.13. The summed E-state index contributed by atoms with van der Waals surface area (Å²) in [5.74, 6) is 0.482. The first kappa shape index (κ1) is 14.9. The third-order valence-corrected chi connectivity index (χ3v) is 4.17. The topological polar surface area (TPSA) is 64.0 Å². The summed E-state index contributed by atoms with van der Waals surface area (Å²) in [7, 11) is 0. The van der Waals surface area contributed by atoms with Crippen molar-refractivity contribution in [1.82, 2.24) is 0 Å². The van der Waals surface area contributed by atoms with Crippen molar-refractivity contribution >= 4 is 23.2 Å². The summed E-state index contributed by atoms with van der Waals surface area (Å²) in [5, 5.41) is 11.4. The highest BCUT2D eigenvalue weighted by molar-refractivity contribution is 6.30. The van der Waals surface area contributed by atoms with E-state index in [1.54, 1.807) is 6.07 Å². The smallest absolute Gasteiger partial charge is 0.400 e. The van der Waals surface area contributed by atoms with Crippen molar-refractivity contribution in [3.63, 3.8) is 0 Å². The van der Waals surface area contributed by atoms with Crippen LogP contribution in [0, 0.1) is 10.1 Å². The van der Waals surface area contributed by atoms with Crippen LogP contribution < -0.4 is 9.80 Å². The van der Waals surface area contributed by atoms with Gasteiger partial charge in [-0.25, -0.2) is 0 Å². The predicted octanol–water partition coefficient (Wildman–Crippen LogP) is 1.75. The first-order valence-electron chi connectivity index (χ1n) is 7.19. The molecule has 1 saturated heterocycles. The van der Waals surface area contributed by atoms with E-state index in [1.165, 1.54) is 16.7 Å². The molecule has 22 heavy (non-hydrogen) atoms. The summed E-state index contributed by atoms with van der Waals surface area (Å²) < 4.78 is 5.22. The third kappa shape index (κ3) is 3.40. The second-order valence-electron chi connectivity index (χ2n) is 5.39. The monoisotopic (exact) mass is 322 g/mol. The molecule has 6 nitrogen and oxygen atoms in total. The van der Waals surface area contributed by atoms with Gasteiger partial charge in [-0.05, 0) is 30.3 Å². The fourth-order valence-corrected chi connectivity index (χ4v) is 2.84. The van der Waals surface area contributed by atoms with Crippen LogP contribution in [0.25, 0.3) is 0 Å². The van der Waals surface area contributed by atoms with E-state index >= 15 is 0 Å². The number of quaternary nitrogens is 1. The van der Waals surface area contributed by atoms with Gasteiger partial charge >= 0.3 is 5.88 Å². The summed E-state index contributed by atoms with van der Waals surface area (Å²) in [6, 6.07) is 11.0. The SMILES string of the molecule is O=[N+]([O-])c1ccc(C[NH+]2CCN(c3ccc(Cl)cc3)CC2)o1. The molecule has 0 spiro atoms. The van der Waals surface area contributed by atoms with E-state index in [2.05, 4.69) is 4.90 Å². The minimum atomic E-state index is -0.503. The van der Waals surface area contributed by atoms with Gasteiger partial charge in [0.25, 0.3) is 0 Å². The van der Waals surface area contributed by atoms with E-state index in [-0.39, 0.29) is 5.88 Å². The highest BCUT2D eigenvalue weighted by atomic mass is 35.5. The zero-order valence-corrected chi connectivity index (χ0v) is 12.8. The highest BCUT2D eigenvalue weighted by Gasteiger charge is 2.22. The van der Waals surface area contributed by atoms with Gasteiger partial charge in [0, 0.05) is 10.7 Å². The molecule has 1 aromatic heterocycles. The van der Waals surface area contributed by atoms with Crippen LogP contribution in [-0.2, 0) is 6.54 Å². The third-order valence-electron chi connectivity index (χ3n) is 3.91. The molecule has 0 bridgehead atoms. The molecule has 1 aliphatic heterocycles. The maximum Gasteiger partial charge on any atom is 0.433 e. The number of nitrogens with zero attached hydrogens (tertiary/aromatic N) is 2. The molecule has 1 aliphatic rings. The number of halogens is 1. The number of rotatable bonds is 4. The molecule has 0 unspecified atom stereocenters. The van der Waals surface area contributed by atoms with Crippen LogP contribution in [0.1, 0.15) is 5.76 Å². The van der Waals surface area contributed by atoms with E-state index in [1.807, 2.05) is 24.3 Å². The van der Waals surface area contributed by atoms with Crippen LogP contribution in [0.5, 0.6) is 0 Å². The van der Waals surface area contributed by atoms with Crippen molar-refractivity contribution in [3.05, 3.63) is 57.3 Å². The van der Waals surface area contributed by atoms with Crippen LogP contribution in [0.4, 0.5) is 11.6 Å². The molecule has 0 saturated carbocycles. The molecular formula is C15H17ClN3O3+. The van der Waals surface area contributed by atoms with Crippen molar-refractivity contribution in [2.75, 3.05) is 31.1 Å². The molecule has 3 rings (SSSR count). The van der Waals surface area contributed by atoms with E-state index in [4.69, 9.17) is 16.0 Å². The number of piperazine rings is 1. The lowest BCUT2D eigenvalue weighted by atomic mass is 10.2. The quantitative estimate of drug-likeness (QED) is 0.688. The van der Waals surface area contributed by atoms with Gasteiger partial charge in [-0.15, -0.1) is 0 Å². The van der Waals surface area contributed by atoms with E-state index < -0.39 is 4.92 Å². The average Bonchev–Trinajstić information content (AvgIpc) is 2.98. The summed E-state index contributed by atoms with van der Waals surface area (Å²) >= 11 is 5.91. The van der Waals surface area contributed by atoms with E-state index in [0.717, 1.165) is 31.2 Å². The number of nitro groups is 1. The zero-order chi connectivity index (χ0) is 15.5. The van der Waals surface area contributed by atoms with Gasteiger partial charge in [-0.1, -0.05) is 11.6 Å². The van der Waals surface area contributed by atoms with Gasteiger partial charge in [-0.2, -0.15) is 0 Å². The fourth-order valence-electron chi connectivity index (χ4n) is 2.72. The van der Waals surface area contributed by atoms with Gasteiger partial charge in [-0.3, -0.25) is 10.1 Å². The Kier molecular flexibility index (Phi) is 4.31. The van der Waals surface area contributed by atoms with Gasteiger partial charge < -0.3 is 14.2 Å². The molecule has 0 atom stereocenters. The first-order chi connectivity index (χ1) is 10.6. The minimum absolute atomic E-state index is 0.186. The number of hydrogen-bond donors (Lipinski definition) is 1. The molecule has 1 N–H and O–H groups in total. The normalized spacial score (nSPS) is 16.0. The number of benzene rings is 1. The van der Waals surface area contributed by atoms with Gasteiger partial charge in [0.15, 0.2) is 5.76 Å². The summed E-state index contributed by atoms with van der Waals surface area (Å²) in [5.41, 5.74) is 1.18. The zero-order valence-electron chi connectivity index (χ0n) is 12.0. The number of nitrogens with one attached hydrogen (secondary N) is 1. The lowest BCUT2D eigenvalue weighted by molar-refractivity contribution is -0.915. The molecule has 2 aromatic rings. The average molecular weight is 323 g/mol. The second kappa shape index (κ2) is 6.37. The lowest BCUT2D eigenvalue weighted by Gasteiger charge is -2.33. The Morgan fingerprint density at radius 3 is 2.45 bits per heavy atom. The van der Waals surface area contributed by atoms with Crippen LogP contribution in [0.15, 0.2) is 40.8 Å². The molecule has 1 aromatic carbocycles. The van der Waals surface area contributed by atoms with Crippen molar-refractivity contribution < 1.29 is 14.2 Å². The van der Waals surface area contributed by atoms with Crippen LogP contribution in [0.3, 0.4) is 0 Å². The number of furan rings is 1. The molecule has 7 heteroatoms. The number of anilines is 1. The van der Waals surface area contributed by atoms with Crippen molar-refractivity contribution in [2.45, 2.75) is 6.54 Å². The van der Waals surface area contributed by atoms with Gasteiger partial charge in [0.2, 0.25) is 0 Å². The molecule has 2 heterocycles. The van der Waals surface area contributed by atoms with Gasteiger partial charge in [0.1, 0.15) is 11.5 Å². The molecule has 0 aliphatic carbocycles. The predicted molar refractivity (Wildman–Crippen MR) is 83.4 cm³/mol. The Bertz CT molecular complexity index is 648. The molecule has 0 amide bonds. The van der Waals surface area contributed by atoms with E-state index in [9.17, 15) is 10.1 Å². The maximum atomic E-state index is 10.6. The first-order valence-corrected chi connectivity index (χ1v) is 7.57. The Hall–Kier alpha value is -2.05. The summed E-state index contributed by atoms with van der Waals surface area (Å²) in [6.07, 6.45) is 0. The summed E-state index contributed by atoms with van der Waals surface area (Å²) in [4.78, 5) is 13.8.